The number of benzene rings is 1. The summed E-state index contributed by atoms with van der Waals surface area (Å²) in [6, 6.07) is 6.95. The van der Waals surface area contributed by atoms with E-state index in [1.807, 2.05) is 0 Å². The number of hydrogen-bond acceptors (Lipinski definition) is 4. The fraction of sp³-hybridized carbons (Fsp3) is 0.294. The average molecular weight is 343 g/mol. The van der Waals surface area contributed by atoms with Crippen molar-refractivity contribution in [1.29, 1.82) is 0 Å². The van der Waals surface area contributed by atoms with E-state index in [2.05, 4.69) is 20.4 Å². The number of fused-ring (bicyclic) bond motifs is 1. The zero-order chi connectivity index (χ0) is 17.4. The van der Waals surface area contributed by atoms with E-state index in [0.717, 1.165) is 18.5 Å². The average Bonchev–Trinajstić information content (AvgIpc) is 3.40. The van der Waals surface area contributed by atoms with Gasteiger partial charge < -0.3 is 5.32 Å². The zero-order valence-corrected chi connectivity index (χ0v) is 13.2. The Morgan fingerprint density at radius 2 is 2.12 bits per heavy atom. The first-order valence-corrected chi connectivity index (χ1v) is 7.98. The molecule has 0 saturated heterocycles. The number of nitrogens with one attached hydrogen (secondary N) is 1. The Morgan fingerprint density at radius 1 is 1.32 bits per heavy atom. The number of hydrogen-bond donors (Lipinski definition) is 1. The summed E-state index contributed by atoms with van der Waals surface area (Å²) in [5.41, 5.74) is 1.67. The predicted molar refractivity (Wildman–Crippen MR) is 87.7 cm³/mol. The summed E-state index contributed by atoms with van der Waals surface area (Å²) in [4.78, 5) is 20.8. The monoisotopic (exact) mass is 343 g/mol. The van der Waals surface area contributed by atoms with E-state index < -0.39 is 13.0 Å². The van der Waals surface area contributed by atoms with Crippen LogP contribution in [0.3, 0.4) is 0 Å². The fourth-order valence-electron chi connectivity index (χ4n) is 2.86. The molecule has 0 bridgehead atoms. The highest BCUT2D eigenvalue weighted by molar-refractivity contribution is 6.08. The summed E-state index contributed by atoms with van der Waals surface area (Å²) >= 11 is 0. The molecule has 1 aliphatic carbocycles. The Morgan fingerprint density at radius 3 is 2.88 bits per heavy atom. The highest BCUT2D eigenvalue weighted by Gasteiger charge is 2.30. The van der Waals surface area contributed by atoms with Gasteiger partial charge in [-0.1, -0.05) is 12.1 Å². The number of carbonyl (C=O) groups excluding carboxylic acids is 1. The van der Waals surface area contributed by atoms with Crippen LogP contribution in [0.25, 0.3) is 10.9 Å². The molecule has 6 nitrogen and oxygen atoms in total. The van der Waals surface area contributed by atoms with E-state index in [9.17, 15) is 13.6 Å². The number of para-hydroxylation sites is 1. The molecule has 0 atom stereocenters. The largest absolute Gasteiger partial charge is 0.304 e. The van der Waals surface area contributed by atoms with E-state index >= 15 is 0 Å². The Kier molecular flexibility index (Phi) is 3.87. The van der Waals surface area contributed by atoms with Crippen molar-refractivity contribution >= 4 is 22.6 Å². The van der Waals surface area contributed by atoms with Gasteiger partial charge in [0.2, 0.25) is 0 Å². The molecule has 2 aromatic heterocycles. The third-order valence-electron chi connectivity index (χ3n) is 4.15. The van der Waals surface area contributed by atoms with Crippen LogP contribution < -0.4 is 5.32 Å². The molecule has 25 heavy (non-hydrogen) atoms. The molecule has 1 aromatic carbocycles. The van der Waals surface area contributed by atoms with Crippen LogP contribution in [-0.2, 0) is 6.54 Å². The lowest BCUT2D eigenvalue weighted by Gasteiger charge is -2.06. The first-order valence-electron chi connectivity index (χ1n) is 7.98. The molecule has 8 heteroatoms. The number of alkyl halides is 2. The highest BCUT2D eigenvalue weighted by atomic mass is 19.3. The minimum atomic E-state index is -2.53. The Bertz CT molecular complexity index is 936. The fourth-order valence-corrected chi connectivity index (χ4v) is 2.86. The molecule has 1 aliphatic rings. The lowest BCUT2D eigenvalue weighted by molar-refractivity contribution is 0.102. The van der Waals surface area contributed by atoms with Gasteiger partial charge in [0.25, 0.3) is 12.3 Å². The van der Waals surface area contributed by atoms with Gasteiger partial charge in [0.1, 0.15) is 12.9 Å². The summed E-state index contributed by atoms with van der Waals surface area (Å²) in [6.45, 7) is -0.530. The Labute approximate surface area is 141 Å². The topological polar surface area (TPSA) is 72.7 Å². The van der Waals surface area contributed by atoms with E-state index in [1.165, 1.54) is 17.2 Å². The second kappa shape index (κ2) is 6.19. The number of amides is 1. The van der Waals surface area contributed by atoms with Crippen LogP contribution in [0.2, 0.25) is 0 Å². The lowest BCUT2D eigenvalue weighted by atomic mass is 10.1. The second-order valence-electron chi connectivity index (χ2n) is 5.99. The van der Waals surface area contributed by atoms with E-state index in [0.29, 0.717) is 16.5 Å². The van der Waals surface area contributed by atoms with Crippen molar-refractivity contribution in [3.8, 4) is 0 Å². The predicted octanol–water partition coefficient (Wildman–Crippen LogP) is 3.22. The molecule has 1 saturated carbocycles. The van der Waals surface area contributed by atoms with Gasteiger partial charge in [-0.05, 0) is 25.0 Å². The van der Waals surface area contributed by atoms with Crippen LogP contribution in [0, 0.1) is 0 Å². The standard InChI is InChI=1S/C17H15F2N5O/c18-14(19)8-24-13-4-2-1-3-11(13)16(23-24)22-17(25)12-7-20-9-21-15(12)10-5-6-10/h1-4,7,9-10,14H,5-6,8H2,(H,22,23,25). The van der Waals surface area contributed by atoms with Crippen LogP contribution >= 0.6 is 0 Å². The maximum Gasteiger partial charge on any atom is 0.260 e. The van der Waals surface area contributed by atoms with Crippen molar-refractivity contribution < 1.29 is 13.6 Å². The minimum Gasteiger partial charge on any atom is -0.304 e. The van der Waals surface area contributed by atoms with Crippen LogP contribution in [-0.4, -0.2) is 32.1 Å². The van der Waals surface area contributed by atoms with Gasteiger partial charge in [-0.15, -0.1) is 0 Å². The van der Waals surface area contributed by atoms with Gasteiger partial charge in [0.15, 0.2) is 5.82 Å². The zero-order valence-electron chi connectivity index (χ0n) is 13.2. The number of nitrogens with zero attached hydrogens (tertiary/aromatic N) is 4. The molecular weight excluding hydrogens is 328 g/mol. The van der Waals surface area contributed by atoms with E-state index in [1.54, 1.807) is 24.3 Å². The van der Waals surface area contributed by atoms with Crippen molar-refractivity contribution in [2.75, 3.05) is 5.32 Å². The molecule has 3 aromatic rings. The van der Waals surface area contributed by atoms with Crippen molar-refractivity contribution in [2.45, 2.75) is 31.7 Å². The molecule has 1 fully saturated rings. The Hall–Kier alpha value is -2.90. The van der Waals surface area contributed by atoms with Gasteiger partial charge in [-0.2, -0.15) is 5.10 Å². The summed E-state index contributed by atoms with van der Waals surface area (Å²) in [7, 11) is 0. The summed E-state index contributed by atoms with van der Waals surface area (Å²) in [6.07, 6.45) is 2.38. The molecule has 1 N–H and O–H groups in total. The normalized spacial score (nSPS) is 14.2. The number of anilines is 1. The smallest absolute Gasteiger partial charge is 0.260 e. The summed E-state index contributed by atoms with van der Waals surface area (Å²) in [5.74, 6) is 0.165. The van der Waals surface area contributed by atoms with Crippen molar-refractivity contribution in [3.63, 3.8) is 0 Å². The molecule has 0 unspecified atom stereocenters. The van der Waals surface area contributed by atoms with Crippen molar-refractivity contribution in [3.05, 3.63) is 48.0 Å². The minimum absolute atomic E-state index is 0.256. The van der Waals surface area contributed by atoms with Crippen LogP contribution in [0.4, 0.5) is 14.6 Å². The summed E-state index contributed by atoms with van der Waals surface area (Å²) < 4.78 is 26.7. The first-order chi connectivity index (χ1) is 12.1. The third kappa shape index (κ3) is 3.07. The quantitative estimate of drug-likeness (QED) is 0.772. The maximum atomic E-state index is 12.8. The number of rotatable bonds is 5. The number of carbonyl (C=O) groups is 1. The molecule has 0 spiro atoms. The SMILES string of the molecule is O=C(Nc1nn(CC(F)F)c2ccccc12)c1cncnc1C1CC1. The second-order valence-corrected chi connectivity index (χ2v) is 5.99. The number of aromatic nitrogens is 4. The number of halogens is 2. The van der Waals surface area contributed by atoms with E-state index in [4.69, 9.17) is 0 Å². The van der Waals surface area contributed by atoms with Gasteiger partial charge in [-0.25, -0.2) is 18.7 Å². The molecule has 0 radical (unpaired) electrons. The maximum absolute atomic E-state index is 12.8. The summed E-state index contributed by atoms with van der Waals surface area (Å²) in [5, 5.41) is 7.48. The molecule has 2 heterocycles. The van der Waals surface area contributed by atoms with Crippen LogP contribution in [0.15, 0.2) is 36.8 Å². The molecule has 0 aliphatic heterocycles. The van der Waals surface area contributed by atoms with Gasteiger partial charge in [0.05, 0.1) is 16.8 Å². The van der Waals surface area contributed by atoms with Gasteiger partial charge in [-0.3, -0.25) is 9.48 Å². The molecule has 128 valence electrons. The highest BCUT2D eigenvalue weighted by Crippen LogP contribution is 2.40. The molecular formula is C17H15F2N5O. The Balaban J connectivity index is 1.68. The van der Waals surface area contributed by atoms with Crippen LogP contribution in [0.5, 0.6) is 0 Å². The first kappa shape index (κ1) is 15.6. The lowest BCUT2D eigenvalue weighted by Crippen LogP contribution is -2.16. The van der Waals surface area contributed by atoms with Crippen molar-refractivity contribution in [2.24, 2.45) is 0 Å². The third-order valence-corrected chi connectivity index (χ3v) is 4.15. The van der Waals surface area contributed by atoms with E-state index in [-0.39, 0.29) is 17.6 Å². The van der Waals surface area contributed by atoms with Gasteiger partial charge >= 0.3 is 0 Å². The molecule has 4 rings (SSSR count). The van der Waals surface area contributed by atoms with Crippen molar-refractivity contribution in [1.82, 2.24) is 19.7 Å². The molecule has 1 amide bonds. The van der Waals surface area contributed by atoms with Gasteiger partial charge in [0, 0.05) is 17.5 Å². The van der Waals surface area contributed by atoms with Crippen LogP contribution in [0.1, 0.15) is 34.8 Å².